The highest BCUT2D eigenvalue weighted by Crippen LogP contribution is 2.69. The van der Waals surface area contributed by atoms with E-state index in [1.807, 2.05) is 0 Å². The van der Waals surface area contributed by atoms with Crippen molar-refractivity contribution < 1.29 is 4.79 Å². The van der Waals surface area contributed by atoms with Gasteiger partial charge in [-0.2, -0.15) is 0 Å². The van der Waals surface area contributed by atoms with Crippen LogP contribution in [0.15, 0.2) is 0 Å². The summed E-state index contributed by atoms with van der Waals surface area (Å²) < 4.78 is -0.186. The Morgan fingerprint density at radius 1 is 0.952 bits per heavy atom. The minimum Gasteiger partial charge on any atom is -0.298 e. The molecular formula is C19H29BrO. The van der Waals surface area contributed by atoms with Crippen molar-refractivity contribution in [3.8, 4) is 0 Å². The summed E-state index contributed by atoms with van der Waals surface area (Å²) in [5.74, 6) is 2.85. The van der Waals surface area contributed by atoms with E-state index in [9.17, 15) is 4.79 Å². The minimum absolute atomic E-state index is 0.186. The van der Waals surface area contributed by atoms with Crippen LogP contribution in [0.5, 0.6) is 0 Å². The van der Waals surface area contributed by atoms with Gasteiger partial charge >= 0.3 is 0 Å². The molecule has 4 rings (SSSR count). The first-order valence-corrected chi connectivity index (χ1v) is 9.93. The monoisotopic (exact) mass is 352 g/mol. The van der Waals surface area contributed by atoms with Crippen molar-refractivity contribution in [2.24, 2.45) is 28.6 Å². The summed E-state index contributed by atoms with van der Waals surface area (Å²) in [7, 11) is 0. The minimum atomic E-state index is -0.186. The van der Waals surface area contributed by atoms with Crippen molar-refractivity contribution in [1.82, 2.24) is 0 Å². The molecule has 0 saturated heterocycles. The third-order valence-corrected chi connectivity index (χ3v) is 10.3. The molecule has 0 unspecified atom stereocenters. The standard InChI is InChI=1S/C19H29BrO/c1-17-11-8-14-15(19(17,20)16(21)9-12-17)7-6-13-5-3-4-10-18(13,14)2/h13-15H,3-12H2,1-2H3/t13-,14+,15-,17-,18+,19-/m1/s1. The van der Waals surface area contributed by atoms with E-state index in [2.05, 4.69) is 29.8 Å². The molecule has 0 aromatic heterocycles. The van der Waals surface area contributed by atoms with Crippen LogP contribution in [0, 0.1) is 28.6 Å². The van der Waals surface area contributed by atoms with E-state index in [1.54, 1.807) is 0 Å². The maximum absolute atomic E-state index is 12.8. The van der Waals surface area contributed by atoms with Crippen LogP contribution in [-0.4, -0.2) is 10.1 Å². The van der Waals surface area contributed by atoms with Gasteiger partial charge in [0.05, 0.1) is 4.32 Å². The lowest BCUT2D eigenvalue weighted by molar-refractivity contribution is -0.132. The Labute approximate surface area is 137 Å². The van der Waals surface area contributed by atoms with Gasteiger partial charge in [-0.15, -0.1) is 0 Å². The Hall–Kier alpha value is 0.150. The van der Waals surface area contributed by atoms with E-state index < -0.39 is 0 Å². The van der Waals surface area contributed by atoms with E-state index in [0.29, 0.717) is 17.1 Å². The lowest BCUT2D eigenvalue weighted by atomic mass is 9.45. The average Bonchev–Trinajstić information content (AvgIpc) is 2.71. The van der Waals surface area contributed by atoms with Crippen LogP contribution in [0.3, 0.4) is 0 Å². The normalized spacial score (nSPS) is 56.5. The van der Waals surface area contributed by atoms with Gasteiger partial charge < -0.3 is 0 Å². The van der Waals surface area contributed by atoms with Crippen LogP contribution in [0.2, 0.25) is 0 Å². The van der Waals surface area contributed by atoms with Crippen LogP contribution < -0.4 is 0 Å². The van der Waals surface area contributed by atoms with Gasteiger partial charge in [0.15, 0.2) is 0 Å². The smallest absolute Gasteiger partial charge is 0.150 e. The predicted molar refractivity (Wildman–Crippen MR) is 89.5 cm³/mol. The first kappa shape index (κ1) is 14.7. The Kier molecular flexibility index (Phi) is 3.21. The lowest BCUT2D eigenvalue weighted by Gasteiger charge is -2.62. The summed E-state index contributed by atoms with van der Waals surface area (Å²) in [6.45, 7) is 4.96. The van der Waals surface area contributed by atoms with Crippen molar-refractivity contribution in [3.63, 3.8) is 0 Å². The molecule has 0 radical (unpaired) electrons. The van der Waals surface area contributed by atoms with Gasteiger partial charge in [0.25, 0.3) is 0 Å². The third-order valence-electron chi connectivity index (χ3n) is 8.32. The number of fused-ring (bicyclic) bond motifs is 5. The largest absolute Gasteiger partial charge is 0.298 e. The molecule has 0 bridgehead atoms. The summed E-state index contributed by atoms with van der Waals surface area (Å²) >= 11 is 4.08. The van der Waals surface area contributed by atoms with E-state index in [-0.39, 0.29) is 9.74 Å². The first-order valence-electron chi connectivity index (χ1n) is 9.14. The van der Waals surface area contributed by atoms with Crippen molar-refractivity contribution >= 4 is 21.7 Å². The van der Waals surface area contributed by atoms with Crippen LogP contribution in [-0.2, 0) is 4.79 Å². The number of alkyl halides is 1. The summed E-state index contributed by atoms with van der Waals surface area (Å²) in [6, 6.07) is 0. The van der Waals surface area contributed by atoms with Gasteiger partial charge in [0, 0.05) is 6.42 Å². The molecule has 0 spiro atoms. The van der Waals surface area contributed by atoms with Crippen LogP contribution >= 0.6 is 15.9 Å². The fourth-order valence-electron chi connectivity index (χ4n) is 6.97. The molecule has 6 atom stereocenters. The van der Waals surface area contributed by atoms with E-state index in [0.717, 1.165) is 24.7 Å². The number of carbonyl (C=O) groups excluding carboxylic acids is 1. The van der Waals surface area contributed by atoms with E-state index >= 15 is 0 Å². The Morgan fingerprint density at radius 3 is 2.57 bits per heavy atom. The van der Waals surface area contributed by atoms with Gasteiger partial charge in [-0.25, -0.2) is 0 Å². The maximum atomic E-state index is 12.8. The molecule has 0 heterocycles. The molecular weight excluding hydrogens is 324 g/mol. The molecule has 4 fully saturated rings. The average molecular weight is 353 g/mol. The van der Waals surface area contributed by atoms with Crippen molar-refractivity contribution in [3.05, 3.63) is 0 Å². The quantitative estimate of drug-likeness (QED) is 0.525. The number of rotatable bonds is 0. The highest BCUT2D eigenvalue weighted by molar-refractivity contribution is 9.10. The second-order valence-corrected chi connectivity index (χ2v) is 10.2. The summed E-state index contributed by atoms with van der Waals surface area (Å²) in [5.41, 5.74) is 0.745. The predicted octanol–water partition coefficient (Wildman–Crippen LogP) is 5.51. The lowest BCUT2D eigenvalue weighted by Crippen LogP contribution is -2.60. The molecule has 0 aromatic carbocycles. The number of Topliss-reactive ketones (excluding diaryl/α,β-unsaturated/α-hetero) is 1. The molecule has 0 N–H and O–H groups in total. The molecule has 0 aromatic rings. The number of halogens is 1. The van der Waals surface area contributed by atoms with Crippen LogP contribution in [0.25, 0.3) is 0 Å². The van der Waals surface area contributed by atoms with Crippen LogP contribution in [0.1, 0.15) is 78.1 Å². The topological polar surface area (TPSA) is 17.1 Å². The van der Waals surface area contributed by atoms with Gasteiger partial charge in [-0.3, -0.25) is 4.79 Å². The fraction of sp³-hybridized carbons (Fsp3) is 0.947. The fourth-order valence-corrected chi connectivity index (χ4v) is 8.11. The van der Waals surface area contributed by atoms with Gasteiger partial charge in [-0.1, -0.05) is 42.6 Å². The SMILES string of the molecule is C[C@]12CCCC[C@@H]1CC[C@@H]1[C@@H]2CC[C@]2(C)CCC(=O)[C@]12Br. The Bertz CT molecular complexity index is 474. The van der Waals surface area contributed by atoms with Crippen molar-refractivity contribution in [2.45, 2.75) is 82.4 Å². The van der Waals surface area contributed by atoms with E-state index in [4.69, 9.17) is 0 Å². The molecule has 4 saturated carbocycles. The van der Waals surface area contributed by atoms with Crippen molar-refractivity contribution in [2.75, 3.05) is 0 Å². The molecule has 1 nitrogen and oxygen atoms in total. The summed E-state index contributed by atoms with van der Waals surface area (Å²) in [5, 5.41) is 0. The maximum Gasteiger partial charge on any atom is 0.150 e. The highest BCUT2D eigenvalue weighted by atomic mass is 79.9. The summed E-state index contributed by atoms with van der Waals surface area (Å²) in [4.78, 5) is 12.8. The molecule has 4 aliphatic rings. The van der Waals surface area contributed by atoms with Crippen LogP contribution in [0.4, 0.5) is 0 Å². The molecule has 0 aliphatic heterocycles. The van der Waals surface area contributed by atoms with E-state index in [1.165, 1.54) is 51.4 Å². The zero-order valence-electron chi connectivity index (χ0n) is 13.6. The molecule has 118 valence electrons. The van der Waals surface area contributed by atoms with Gasteiger partial charge in [0.2, 0.25) is 0 Å². The van der Waals surface area contributed by atoms with Crippen molar-refractivity contribution in [1.29, 1.82) is 0 Å². The number of hydrogen-bond donors (Lipinski definition) is 0. The van der Waals surface area contributed by atoms with Gasteiger partial charge in [0.1, 0.15) is 5.78 Å². The molecule has 2 heteroatoms. The zero-order valence-corrected chi connectivity index (χ0v) is 15.2. The third kappa shape index (κ3) is 1.72. The highest BCUT2D eigenvalue weighted by Gasteiger charge is 2.67. The summed E-state index contributed by atoms with van der Waals surface area (Å²) in [6.07, 6.45) is 12.9. The number of carbonyl (C=O) groups is 1. The second-order valence-electron chi connectivity index (χ2n) is 8.97. The number of hydrogen-bond acceptors (Lipinski definition) is 1. The Balaban J connectivity index is 1.74. The number of ketones is 1. The first-order chi connectivity index (χ1) is 9.92. The molecule has 21 heavy (non-hydrogen) atoms. The molecule has 4 aliphatic carbocycles. The van der Waals surface area contributed by atoms with Gasteiger partial charge in [-0.05, 0) is 73.5 Å². The Morgan fingerprint density at radius 2 is 1.76 bits per heavy atom. The molecule has 0 amide bonds. The zero-order chi connectivity index (χ0) is 14.9. The second kappa shape index (κ2) is 4.58.